The van der Waals surface area contributed by atoms with E-state index in [1.54, 1.807) is 21.3 Å². The van der Waals surface area contributed by atoms with Crippen LogP contribution in [0.3, 0.4) is 0 Å². The number of fused-ring (bicyclic) bond motifs is 3. The number of methoxy groups -OCH3 is 3. The van der Waals surface area contributed by atoms with Gasteiger partial charge >= 0.3 is 0 Å². The molecule has 0 radical (unpaired) electrons. The van der Waals surface area contributed by atoms with Crippen LogP contribution >= 0.6 is 0 Å². The van der Waals surface area contributed by atoms with Gasteiger partial charge in [-0.05, 0) is 24.3 Å². The zero-order valence-corrected chi connectivity index (χ0v) is 18.1. The Labute approximate surface area is 181 Å². The van der Waals surface area contributed by atoms with Crippen LogP contribution in [0.15, 0.2) is 48.5 Å². The molecule has 0 amide bonds. The van der Waals surface area contributed by atoms with E-state index in [0.717, 1.165) is 46.5 Å². The highest BCUT2D eigenvalue weighted by Crippen LogP contribution is 2.26. The Morgan fingerprint density at radius 1 is 0.839 bits per heavy atom. The zero-order chi connectivity index (χ0) is 21.6. The third-order valence-electron chi connectivity index (χ3n) is 5.29. The molecule has 162 valence electrons. The first-order valence-electron chi connectivity index (χ1n) is 10.2. The second-order valence-electron chi connectivity index (χ2n) is 7.24. The van der Waals surface area contributed by atoms with Crippen LogP contribution in [0.5, 0.6) is 5.75 Å². The molecule has 0 aliphatic rings. The van der Waals surface area contributed by atoms with E-state index < -0.39 is 0 Å². The molecular formula is C23H27N5O3. The van der Waals surface area contributed by atoms with E-state index in [4.69, 9.17) is 19.3 Å². The van der Waals surface area contributed by atoms with Crippen molar-refractivity contribution in [1.29, 1.82) is 0 Å². The van der Waals surface area contributed by atoms with E-state index in [1.165, 1.54) is 0 Å². The van der Waals surface area contributed by atoms with Crippen LogP contribution in [0.2, 0.25) is 0 Å². The van der Waals surface area contributed by atoms with Gasteiger partial charge in [-0.15, -0.1) is 10.2 Å². The summed E-state index contributed by atoms with van der Waals surface area (Å²) in [4.78, 5) is 2.28. The Bertz CT molecular complexity index is 1140. The predicted molar refractivity (Wildman–Crippen MR) is 119 cm³/mol. The molecule has 0 aliphatic heterocycles. The van der Waals surface area contributed by atoms with Crippen molar-refractivity contribution < 1.29 is 14.2 Å². The Hall–Kier alpha value is -3.07. The van der Waals surface area contributed by atoms with Gasteiger partial charge in [0.1, 0.15) is 5.75 Å². The molecule has 4 rings (SSSR count). The summed E-state index contributed by atoms with van der Waals surface area (Å²) >= 11 is 0. The molecule has 0 N–H and O–H groups in total. The van der Waals surface area contributed by atoms with Crippen LogP contribution in [0, 0.1) is 0 Å². The van der Waals surface area contributed by atoms with Gasteiger partial charge in [0, 0.05) is 50.2 Å². The summed E-state index contributed by atoms with van der Waals surface area (Å²) in [5.41, 5.74) is 2.63. The SMILES string of the molecule is COCCN(CCOC)Cc1nn2c(-c3ccc(OC)cc3)nnc2c2ccccc12. The number of hydrogen-bond donors (Lipinski definition) is 0. The van der Waals surface area contributed by atoms with Gasteiger partial charge in [-0.1, -0.05) is 24.3 Å². The highest BCUT2D eigenvalue weighted by molar-refractivity contribution is 5.95. The second-order valence-corrected chi connectivity index (χ2v) is 7.24. The van der Waals surface area contributed by atoms with E-state index >= 15 is 0 Å². The van der Waals surface area contributed by atoms with Crippen LogP contribution in [-0.2, 0) is 16.0 Å². The van der Waals surface area contributed by atoms with Crippen molar-refractivity contribution in [2.45, 2.75) is 6.54 Å². The zero-order valence-electron chi connectivity index (χ0n) is 18.1. The minimum atomic E-state index is 0.646. The molecular weight excluding hydrogens is 394 g/mol. The van der Waals surface area contributed by atoms with Gasteiger partial charge in [-0.2, -0.15) is 9.61 Å². The third-order valence-corrected chi connectivity index (χ3v) is 5.29. The largest absolute Gasteiger partial charge is 0.497 e. The minimum absolute atomic E-state index is 0.646. The number of hydrogen-bond acceptors (Lipinski definition) is 7. The topological polar surface area (TPSA) is 74.0 Å². The van der Waals surface area contributed by atoms with Gasteiger partial charge in [0.2, 0.25) is 0 Å². The van der Waals surface area contributed by atoms with Crippen LogP contribution < -0.4 is 4.74 Å². The molecule has 4 aromatic rings. The van der Waals surface area contributed by atoms with Crippen molar-refractivity contribution in [3.8, 4) is 17.1 Å². The minimum Gasteiger partial charge on any atom is -0.497 e. The number of ether oxygens (including phenoxy) is 3. The summed E-state index contributed by atoms with van der Waals surface area (Å²) in [6.07, 6.45) is 0. The van der Waals surface area contributed by atoms with Gasteiger partial charge < -0.3 is 14.2 Å². The summed E-state index contributed by atoms with van der Waals surface area (Å²) in [7, 11) is 5.08. The number of nitrogens with zero attached hydrogens (tertiary/aromatic N) is 5. The second kappa shape index (κ2) is 9.82. The average molecular weight is 422 g/mol. The summed E-state index contributed by atoms with van der Waals surface area (Å²) in [6, 6.07) is 16.0. The normalized spacial score (nSPS) is 11.6. The molecule has 0 fully saturated rings. The smallest absolute Gasteiger partial charge is 0.186 e. The maximum atomic E-state index is 5.29. The molecule has 0 unspecified atom stereocenters. The van der Waals surface area contributed by atoms with Gasteiger partial charge in [-0.25, -0.2) is 0 Å². The highest BCUT2D eigenvalue weighted by Gasteiger charge is 2.17. The van der Waals surface area contributed by atoms with Crippen molar-refractivity contribution in [2.24, 2.45) is 0 Å². The Kier molecular flexibility index (Phi) is 6.71. The summed E-state index contributed by atoms with van der Waals surface area (Å²) in [6.45, 7) is 3.55. The van der Waals surface area contributed by atoms with Gasteiger partial charge in [0.05, 0.1) is 26.0 Å². The Balaban J connectivity index is 1.79. The molecule has 0 saturated carbocycles. The highest BCUT2D eigenvalue weighted by atomic mass is 16.5. The molecule has 0 spiro atoms. The Morgan fingerprint density at radius 2 is 1.52 bits per heavy atom. The monoisotopic (exact) mass is 421 g/mol. The van der Waals surface area contributed by atoms with Crippen molar-refractivity contribution >= 4 is 16.4 Å². The van der Waals surface area contributed by atoms with Crippen LogP contribution in [0.1, 0.15) is 5.69 Å². The van der Waals surface area contributed by atoms with E-state index in [1.807, 2.05) is 40.9 Å². The lowest BCUT2D eigenvalue weighted by atomic mass is 10.1. The van der Waals surface area contributed by atoms with Gasteiger partial charge in [0.15, 0.2) is 11.5 Å². The lowest BCUT2D eigenvalue weighted by Crippen LogP contribution is -2.31. The first kappa shape index (κ1) is 21.2. The lowest BCUT2D eigenvalue weighted by Gasteiger charge is -2.22. The van der Waals surface area contributed by atoms with E-state index in [-0.39, 0.29) is 0 Å². The van der Waals surface area contributed by atoms with Crippen LogP contribution in [-0.4, -0.2) is 72.3 Å². The van der Waals surface area contributed by atoms with Crippen molar-refractivity contribution in [2.75, 3.05) is 47.6 Å². The molecule has 8 heteroatoms. The quantitative estimate of drug-likeness (QED) is 0.390. The average Bonchev–Trinajstić information content (AvgIpc) is 3.25. The van der Waals surface area contributed by atoms with Crippen molar-refractivity contribution in [3.63, 3.8) is 0 Å². The van der Waals surface area contributed by atoms with Gasteiger partial charge in [-0.3, -0.25) is 4.90 Å². The standard InChI is InChI=1S/C23H27N5O3/c1-29-14-12-27(13-15-30-2)16-21-19-6-4-5-7-20(19)23-25-24-22(28(23)26-21)17-8-10-18(31-3)11-9-17/h4-11H,12-16H2,1-3H3. The molecule has 0 atom stereocenters. The number of benzene rings is 2. The molecule has 31 heavy (non-hydrogen) atoms. The summed E-state index contributed by atoms with van der Waals surface area (Å²) in [5.74, 6) is 1.49. The fourth-order valence-electron chi connectivity index (χ4n) is 3.61. The maximum Gasteiger partial charge on any atom is 0.186 e. The Morgan fingerprint density at radius 3 is 2.16 bits per heavy atom. The third kappa shape index (κ3) is 4.51. The van der Waals surface area contributed by atoms with Gasteiger partial charge in [0.25, 0.3) is 0 Å². The molecule has 0 aliphatic carbocycles. The lowest BCUT2D eigenvalue weighted by molar-refractivity contribution is 0.109. The van der Waals surface area contributed by atoms with Crippen LogP contribution in [0.25, 0.3) is 27.8 Å². The number of aromatic nitrogens is 4. The molecule has 0 saturated heterocycles. The van der Waals surface area contributed by atoms with E-state index in [0.29, 0.717) is 25.6 Å². The molecule has 8 nitrogen and oxygen atoms in total. The summed E-state index contributed by atoms with van der Waals surface area (Å²) < 4.78 is 17.7. The molecule has 2 heterocycles. The summed E-state index contributed by atoms with van der Waals surface area (Å²) in [5, 5.41) is 16.0. The van der Waals surface area contributed by atoms with Crippen molar-refractivity contribution in [1.82, 2.24) is 24.7 Å². The van der Waals surface area contributed by atoms with Crippen LogP contribution in [0.4, 0.5) is 0 Å². The molecule has 2 aromatic heterocycles. The predicted octanol–water partition coefficient (Wildman–Crippen LogP) is 3.05. The van der Waals surface area contributed by atoms with E-state index in [9.17, 15) is 0 Å². The fourth-order valence-corrected chi connectivity index (χ4v) is 3.61. The molecule has 0 bridgehead atoms. The fraction of sp³-hybridized carbons (Fsp3) is 0.348. The first-order valence-corrected chi connectivity index (χ1v) is 10.2. The first-order chi connectivity index (χ1) is 15.2. The van der Waals surface area contributed by atoms with E-state index in [2.05, 4.69) is 27.2 Å². The van der Waals surface area contributed by atoms with Crippen molar-refractivity contribution in [3.05, 3.63) is 54.2 Å². The maximum absolute atomic E-state index is 5.29. The molecule has 2 aromatic carbocycles. The number of rotatable bonds is 10.